The van der Waals surface area contributed by atoms with Crippen molar-refractivity contribution in [3.63, 3.8) is 0 Å². The van der Waals surface area contributed by atoms with Gasteiger partial charge in [-0.2, -0.15) is 4.98 Å². The molecule has 0 aliphatic carbocycles. The molecule has 2 heterocycles. The van der Waals surface area contributed by atoms with Gasteiger partial charge in [-0.05, 0) is 13.8 Å². The Labute approximate surface area is 115 Å². The Kier molecular flexibility index (Phi) is 4.62. The van der Waals surface area contributed by atoms with E-state index in [-0.39, 0.29) is 5.82 Å². The van der Waals surface area contributed by atoms with Crippen LogP contribution in [0.3, 0.4) is 0 Å². The molecule has 0 saturated heterocycles. The highest BCUT2D eigenvalue weighted by molar-refractivity contribution is 7.09. The molecule has 2 aromatic rings. The number of aromatic nitrogens is 3. The summed E-state index contributed by atoms with van der Waals surface area (Å²) in [5.41, 5.74) is 1.02. The molecule has 2 N–H and O–H groups in total. The van der Waals surface area contributed by atoms with Gasteiger partial charge >= 0.3 is 0 Å². The first kappa shape index (κ1) is 13.7. The van der Waals surface area contributed by atoms with Crippen LogP contribution in [-0.2, 0) is 6.42 Å². The van der Waals surface area contributed by atoms with Crippen molar-refractivity contribution in [1.82, 2.24) is 15.0 Å². The average molecular weight is 281 g/mol. The normalized spacial score (nSPS) is 10.5. The van der Waals surface area contributed by atoms with Gasteiger partial charge in [0.25, 0.3) is 0 Å². The minimum absolute atomic E-state index is 0.222. The number of hydrogen-bond donors (Lipinski definition) is 2. The summed E-state index contributed by atoms with van der Waals surface area (Å²) in [6.07, 6.45) is 1.92. The predicted octanol–water partition coefficient (Wildman–Crippen LogP) is 2.47. The van der Waals surface area contributed by atoms with Crippen molar-refractivity contribution in [3.8, 4) is 0 Å². The second kappa shape index (κ2) is 6.42. The first-order valence-electron chi connectivity index (χ1n) is 6.10. The van der Waals surface area contributed by atoms with E-state index in [0.29, 0.717) is 19.0 Å². The number of halogens is 1. The number of anilines is 2. The molecule has 0 saturated carbocycles. The molecule has 0 amide bonds. The van der Waals surface area contributed by atoms with E-state index in [9.17, 15) is 4.39 Å². The van der Waals surface area contributed by atoms with Crippen LogP contribution in [0.4, 0.5) is 16.2 Å². The van der Waals surface area contributed by atoms with E-state index < -0.39 is 5.82 Å². The summed E-state index contributed by atoms with van der Waals surface area (Å²) in [5.74, 6) is 0.202. The van der Waals surface area contributed by atoms with Crippen molar-refractivity contribution in [2.45, 2.75) is 20.3 Å². The molecular formula is C12H16FN5S. The highest BCUT2D eigenvalue weighted by atomic mass is 32.1. The minimum Gasteiger partial charge on any atom is -0.367 e. The third kappa shape index (κ3) is 3.85. The standard InChI is InChI=1S/C12H16FN5S/c1-3-14-12-16-6-9(13)11(18-12)15-5-4-10-17-8(2)7-19-10/h6-7H,3-5H2,1-2H3,(H2,14,15,16,18). The quantitative estimate of drug-likeness (QED) is 0.851. The Bertz CT molecular complexity index is 543. The predicted molar refractivity (Wildman–Crippen MR) is 75.2 cm³/mol. The van der Waals surface area contributed by atoms with E-state index in [4.69, 9.17) is 0 Å². The van der Waals surface area contributed by atoms with Gasteiger partial charge in [-0.1, -0.05) is 0 Å². The fraction of sp³-hybridized carbons (Fsp3) is 0.417. The summed E-state index contributed by atoms with van der Waals surface area (Å²) in [7, 11) is 0. The summed E-state index contributed by atoms with van der Waals surface area (Å²) in [4.78, 5) is 12.3. The third-order valence-corrected chi connectivity index (χ3v) is 3.40. The van der Waals surface area contributed by atoms with Crippen LogP contribution in [-0.4, -0.2) is 28.0 Å². The molecule has 19 heavy (non-hydrogen) atoms. The first-order valence-corrected chi connectivity index (χ1v) is 6.98. The maximum Gasteiger partial charge on any atom is 0.224 e. The molecule has 0 spiro atoms. The zero-order chi connectivity index (χ0) is 13.7. The smallest absolute Gasteiger partial charge is 0.224 e. The largest absolute Gasteiger partial charge is 0.367 e. The topological polar surface area (TPSA) is 62.7 Å². The van der Waals surface area contributed by atoms with Crippen molar-refractivity contribution in [2.24, 2.45) is 0 Å². The molecule has 5 nitrogen and oxygen atoms in total. The molecule has 0 aromatic carbocycles. The minimum atomic E-state index is -0.447. The van der Waals surface area contributed by atoms with Crippen LogP contribution in [0, 0.1) is 12.7 Å². The molecule has 2 rings (SSSR count). The molecule has 7 heteroatoms. The Morgan fingerprint density at radius 1 is 1.32 bits per heavy atom. The van der Waals surface area contributed by atoms with Crippen molar-refractivity contribution in [1.29, 1.82) is 0 Å². The molecule has 0 fully saturated rings. The van der Waals surface area contributed by atoms with Crippen molar-refractivity contribution >= 4 is 23.1 Å². The van der Waals surface area contributed by atoms with E-state index in [0.717, 1.165) is 17.1 Å². The highest BCUT2D eigenvalue weighted by Gasteiger charge is 2.06. The second-order valence-electron chi connectivity index (χ2n) is 3.98. The third-order valence-electron chi connectivity index (χ3n) is 2.38. The summed E-state index contributed by atoms with van der Waals surface area (Å²) < 4.78 is 13.5. The second-order valence-corrected chi connectivity index (χ2v) is 4.92. The SMILES string of the molecule is CCNc1ncc(F)c(NCCc2nc(C)cs2)n1. The lowest BCUT2D eigenvalue weighted by Crippen LogP contribution is -2.10. The lowest BCUT2D eigenvalue weighted by atomic mass is 10.4. The average Bonchev–Trinajstić information content (AvgIpc) is 2.79. The van der Waals surface area contributed by atoms with Gasteiger partial charge in [-0.3, -0.25) is 0 Å². The van der Waals surface area contributed by atoms with Crippen molar-refractivity contribution < 1.29 is 4.39 Å². The van der Waals surface area contributed by atoms with Crippen LogP contribution in [0.15, 0.2) is 11.6 Å². The van der Waals surface area contributed by atoms with Gasteiger partial charge in [-0.25, -0.2) is 14.4 Å². The van der Waals surface area contributed by atoms with Gasteiger partial charge in [0.15, 0.2) is 11.6 Å². The van der Waals surface area contributed by atoms with Gasteiger partial charge in [0.05, 0.1) is 11.2 Å². The number of nitrogens with zero attached hydrogens (tertiary/aromatic N) is 3. The summed E-state index contributed by atoms with van der Waals surface area (Å²) >= 11 is 1.61. The lowest BCUT2D eigenvalue weighted by Gasteiger charge is -2.07. The van der Waals surface area contributed by atoms with Gasteiger partial charge in [0, 0.05) is 30.6 Å². The van der Waals surface area contributed by atoms with Gasteiger partial charge in [-0.15, -0.1) is 11.3 Å². The highest BCUT2D eigenvalue weighted by Crippen LogP contribution is 2.13. The van der Waals surface area contributed by atoms with Crippen LogP contribution >= 0.6 is 11.3 Å². The van der Waals surface area contributed by atoms with Gasteiger partial charge in [0.1, 0.15) is 0 Å². The molecule has 0 aliphatic heterocycles. The Morgan fingerprint density at radius 2 is 2.16 bits per heavy atom. The maximum atomic E-state index is 13.5. The van der Waals surface area contributed by atoms with Crippen LogP contribution in [0.25, 0.3) is 0 Å². The number of thiazole rings is 1. The van der Waals surface area contributed by atoms with Crippen LogP contribution < -0.4 is 10.6 Å². The van der Waals surface area contributed by atoms with E-state index in [1.54, 1.807) is 11.3 Å². The Morgan fingerprint density at radius 3 is 2.84 bits per heavy atom. The molecular weight excluding hydrogens is 265 g/mol. The Balaban J connectivity index is 1.93. The summed E-state index contributed by atoms with van der Waals surface area (Å²) in [6.45, 7) is 5.18. The van der Waals surface area contributed by atoms with E-state index >= 15 is 0 Å². The zero-order valence-corrected chi connectivity index (χ0v) is 11.7. The van der Waals surface area contributed by atoms with Gasteiger partial charge in [0.2, 0.25) is 5.95 Å². The Hall–Kier alpha value is -1.76. The molecule has 2 aromatic heterocycles. The molecule has 102 valence electrons. The maximum absolute atomic E-state index is 13.5. The number of hydrogen-bond acceptors (Lipinski definition) is 6. The first-order chi connectivity index (χ1) is 9.19. The van der Waals surface area contributed by atoms with Crippen LogP contribution in [0.5, 0.6) is 0 Å². The monoisotopic (exact) mass is 281 g/mol. The number of aryl methyl sites for hydroxylation is 1. The van der Waals surface area contributed by atoms with Crippen molar-refractivity contribution in [2.75, 3.05) is 23.7 Å². The zero-order valence-electron chi connectivity index (χ0n) is 10.9. The van der Waals surface area contributed by atoms with E-state index in [2.05, 4.69) is 25.6 Å². The number of nitrogens with one attached hydrogen (secondary N) is 2. The van der Waals surface area contributed by atoms with Crippen molar-refractivity contribution in [3.05, 3.63) is 28.1 Å². The molecule has 0 radical (unpaired) electrons. The van der Waals surface area contributed by atoms with Gasteiger partial charge < -0.3 is 10.6 Å². The summed E-state index contributed by atoms with van der Waals surface area (Å²) in [6, 6.07) is 0. The number of rotatable bonds is 6. The van der Waals surface area contributed by atoms with Crippen LogP contribution in [0.1, 0.15) is 17.6 Å². The van der Waals surface area contributed by atoms with E-state index in [1.807, 2.05) is 19.2 Å². The summed E-state index contributed by atoms with van der Waals surface area (Å²) in [5, 5.41) is 8.95. The fourth-order valence-electron chi connectivity index (χ4n) is 1.54. The fourth-order valence-corrected chi connectivity index (χ4v) is 2.32. The molecule has 0 atom stereocenters. The molecule has 0 unspecified atom stereocenters. The molecule has 0 aliphatic rings. The van der Waals surface area contributed by atoms with Crippen LogP contribution in [0.2, 0.25) is 0 Å². The van der Waals surface area contributed by atoms with E-state index in [1.165, 1.54) is 6.20 Å². The lowest BCUT2D eigenvalue weighted by molar-refractivity contribution is 0.617. The molecule has 0 bridgehead atoms.